The molecule has 0 amide bonds. The van der Waals surface area contributed by atoms with Crippen LogP contribution < -0.4 is 11.1 Å². The standard InChI is InChI=1S/C15H24N2O2/c1-10-9-15(2,3)17-14(19-10)8-13(18)11-4-6-12(16)7-5-11/h4-7,10,13-14,17-18H,8-9,16H2,1-3H3. The predicted molar refractivity (Wildman–Crippen MR) is 76.6 cm³/mol. The molecule has 0 aliphatic carbocycles. The molecule has 106 valence electrons. The molecule has 1 aliphatic heterocycles. The van der Waals surface area contributed by atoms with Gasteiger partial charge in [-0.25, -0.2) is 0 Å². The van der Waals surface area contributed by atoms with E-state index in [1.807, 2.05) is 12.1 Å². The van der Waals surface area contributed by atoms with Crippen molar-refractivity contribution in [2.75, 3.05) is 5.73 Å². The molecule has 0 spiro atoms. The number of benzene rings is 1. The van der Waals surface area contributed by atoms with Crippen LogP contribution in [0.2, 0.25) is 0 Å². The van der Waals surface area contributed by atoms with Crippen LogP contribution in [-0.2, 0) is 4.74 Å². The Labute approximate surface area is 115 Å². The van der Waals surface area contributed by atoms with E-state index >= 15 is 0 Å². The Morgan fingerprint density at radius 3 is 2.63 bits per heavy atom. The van der Waals surface area contributed by atoms with E-state index < -0.39 is 6.10 Å². The molecule has 1 fully saturated rings. The zero-order chi connectivity index (χ0) is 14.0. The van der Waals surface area contributed by atoms with Gasteiger partial charge in [0.15, 0.2) is 0 Å². The summed E-state index contributed by atoms with van der Waals surface area (Å²) >= 11 is 0. The highest BCUT2D eigenvalue weighted by atomic mass is 16.5. The number of nitrogens with one attached hydrogen (secondary N) is 1. The summed E-state index contributed by atoms with van der Waals surface area (Å²) in [5.41, 5.74) is 7.27. The molecule has 1 aromatic carbocycles. The van der Waals surface area contributed by atoms with Crippen LogP contribution in [-0.4, -0.2) is 23.0 Å². The van der Waals surface area contributed by atoms with Gasteiger partial charge in [-0.2, -0.15) is 0 Å². The molecule has 4 N–H and O–H groups in total. The quantitative estimate of drug-likeness (QED) is 0.732. The highest BCUT2D eigenvalue weighted by Gasteiger charge is 2.32. The van der Waals surface area contributed by atoms with Gasteiger partial charge in [-0.15, -0.1) is 0 Å². The van der Waals surface area contributed by atoms with Gasteiger partial charge in [0, 0.05) is 17.6 Å². The Kier molecular flexibility index (Phi) is 4.13. The Morgan fingerprint density at radius 2 is 2.05 bits per heavy atom. The molecule has 0 saturated carbocycles. The fourth-order valence-corrected chi connectivity index (χ4v) is 2.75. The number of aliphatic hydroxyl groups is 1. The van der Waals surface area contributed by atoms with Gasteiger partial charge in [-0.1, -0.05) is 12.1 Å². The molecule has 19 heavy (non-hydrogen) atoms. The minimum Gasteiger partial charge on any atom is -0.399 e. The highest BCUT2D eigenvalue weighted by Crippen LogP contribution is 2.27. The number of rotatable bonds is 3. The Hall–Kier alpha value is -1.10. The van der Waals surface area contributed by atoms with E-state index in [1.54, 1.807) is 12.1 Å². The number of anilines is 1. The lowest BCUT2D eigenvalue weighted by Gasteiger charge is -2.41. The van der Waals surface area contributed by atoms with Crippen molar-refractivity contribution in [2.45, 2.75) is 57.6 Å². The van der Waals surface area contributed by atoms with Gasteiger partial charge in [0.25, 0.3) is 0 Å². The van der Waals surface area contributed by atoms with Crippen molar-refractivity contribution in [3.05, 3.63) is 29.8 Å². The second-order valence-electron chi connectivity index (χ2n) is 6.09. The van der Waals surface area contributed by atoms with E-state index in [0.29, 0.717) is 12.1 Å². The maximum Gasteiger partial charge on any atom is 0.111 e. The first-order valence-corrected chi connectivity index (χ1v) is 6.82. The fraction of sp³-hybridized carbons (Fsp3) is 0.600. The molecule has 0 aromatic heterocycles. The van der Waals surface area contributed by atoms with Crippen molar-refractivity contribution >= 4 is 5.69 Å². The minimum absolute atomic E-state index is 0.0448. The maximum absolute atomic E-state index is 10.3. The predicted octanol–water partition coefficient (Wildman–Crippen LogP) is 2.20. The lowest BCUT2D eigenvalue weighted by molar-refractivity contribution is -0.103. The molecule has 3 atom stereocenters. The van der Waals surface area contributed by atoms with Crippen molar-refractivity contribution < 1.29 is 9.84 Å². The SMILES string of the molecule is CC1CC(C)(C)NC(CC(O)c2ccc(N)cc2)O1. The number of nitrogen functional groups attached to an aromatic ring is 1. The second-order valence-corrected chi connectivity index (χ2v) is 6.09. The van der Waals surface area contributed by atoms with Crippen LogP contribution in [0.25, 0.3) is 0 Å². The highest BCUT2D eigenvalue weighted by molar-refractivity contribution is 5.39. The average Bonchev–Trinajstić information content (AvgIpc) is 2.26. The number of aliphatic hydroxyl groups excluding tert-OH is 1. The molecule has 4 nitrogen and oxygen atoms in total. The Morgan fingerprint density at radius 1 is 1.42 bits per heavy atom. The van der Waals surface area contributed by atoms with Crippen LogP contribution in [0.4, 0.5) is 5.69 Å². The van der Waals surface area contributed by atoms with Crippen molar-refractivity contribution in [2.24, 2.45) is 0 Å². The number of ether oxygens (including phenoxy) is 1. The summed E-state index contributed by atoms with van der Waals surface area (Å²) < 4.78 is 5.84. The first kappa shape index (κ1) is 14.3. The van der Waals surface area contributed by atoms with E-state index in [2.05, 4.69) is 26.1 Å². The number of hydrogen-bond donors (Lipinski definition) is 3. The summed E-state index contributed by atoms with van der Waals surface area (Å²) in [6.07, 6.45) is 1.06. The van der Waals surface area contributed by atoms with Gasteiger partial charge in [-0.3, -0.25) is 5.32 Å². The minimum atomic E-state index is -0.542. The van der Waals surface area contributed by atoms with Crippen LogP contribution in [0.1, 0.15) is 45.3 Å². The molecular formula is C15H24N2O2. The van der Waals surface area contributed by atoms with Crippen molar-refractivity contribution in [3.63, 3.8) is 0 Å². The van der Waals surface area contributed by atoms with Gasteiger partial charge in [0.05, 0.1) is 12.2 Å². The topological polar surface area (TPSA) is 67.5 Å². The second kappa shape index (κ2) is 5.49. The lowest BCUT2D eigenvalue weighted by Crippen LogP contribution is -2.55. The van der Waals surface area contributed by atoms with E-state index in [-0.39, 0.29) is 17.9 Å². The molecule has 4 heteroatoms. The number of hydrogen-bond acceptors (Lipinski definition) is 4. The first-order chi connectivity index (χ1) is 8.85. The van der Waals surface area contributed by atoms with E-state index in [0.717, 1.165) is 12.0 Å². The maximum atomic E-state index is 10.3. The molecule has 0 bridgehead atoms. The molecule has 1 aromatic rings. The van der Waals surface area contributed by atoms with E-state index in [1.165, 1.54) is 0 Å². The zero-order valence-corrected chi connectivity index (χ0v) is 11.9. The van der Waals surface area contributed by atoms with E-state index in [9.17, 15) is 5.11 Å². The molecule has 0 radical (unpaired) electrons. The van der Waals surface area contributed by atoms with Crippen LogP contribution in [0.15, 0.2) is 24.3 Å². The van der Waals surface area contributed by atoms with Gasteiger partial charge >= 0.3 is 0 Å². The largest absolute Gasteiger partial charge is 0.399 e. The van der Waals surface area contributed by atoms with Crippen LogP contribution in [0.5, 0.6) is 0 Å². The van der Waals surface area contributed by atoms with Gasteiger partial charge in [0.2, 0.25) is 0 Å². The third kappa shape index (κ3) is 3.93. The summed E-state index contributed by atoms with van der Waals surface area (Å²) in [6, 6.07) is 7.33. The van der Waals surface area contributed by atoms with Gasteiger partial charge < -0.3 is 15.6 Å². The first-order valence-electron chi connectivity index (χ1n) is 6.82. The molecule has 2 rings (SSSR count). The summed E-state index contributed by atoms with van der Waals surface area (Å²) in [4.78, 5) is 0. The average molecular weight is 264 g/mol. The van der Waals surface area contributed by atoms with Gasteiger partial charge in [-0.05, 0) is 44.9 Å². The van der Waals surface area contributed by atoms with Gasteiger partial charge in [0.1, 0.15) is 6.23 Å². The van der Waals surface area contributed by atoms with Crippen LogP contribution in [0.3, 0.4) is 0 Å². The van der Waals surface area contributed by atoms with Crippen molar-refractivity contribution in [3.8, 4) is 0 Å². The summed E-state index contributed by atoms with van der Waals surface area (Å²) in [7, 11) is 0. The molecule has 1 saturated heterocycles. The smallest absolute Gasteiger partial charge is 0.111 e. The third-order valence-corrected chi connectivity index (χ3v) is 3.50. The monoisotopic (exact) mass is 264 g/mol. The van der Waals surface area contributed by atoms with Crippen LogP contribution >= 0.6 is 0 Å². The normalized spacial score (nSPS) is 28.0. The van der Waals surface area contributed by atoms with Crippen molar-refractivity contribution in [1.29, 1.82) is 0 Å². The molecule has 1 heterocycles. The van der Waals surface area contributed by atoms with Crippen molar-refractivity contribution in [1.82, 2.24) is 5.32 Å². The molecule has 1 aliphatic rings. The summed E-state index contributed by atoms with van der Waals surface area (Å²) in [5.74, 6) is 0. The Bertz CT molecular complexity index is 417. The van der Waals surface area contributed by atoms with Crippen LogP contribution in [0, 0.1) is 0 Å². The zero-order valence-electron chi connectivity index (χ0n) is 11.9. The van der Waals surface area contributed by atoms with E-state index in [4.69, 9.17) is 10.5 Å². The summed E-state index contributed by atoms with van der Waals surface area (Å²) in [5, 5.41) is 13.7. The molecular weight excluding hydrogens is 240 g/mol. The third-order valence-electron chi connectivity index (χ3n) is 3.50. The molecule has 3 unspecified atom stereocenters. The lowest BCUT2D eigenvalue weighted by atomic mass is 9.94. The Balaban J connectivity index is 1.98. The summed E-state index contributed by atoms with van der Waals surface area (Å²) in [6.45, 7) is 6.40. The number of nitrogens with two attached hydrogens (primary N) is 1. The fourth-order valence-electron chi connectivity index (χ4n) is 2.75.